The number of ether oxygens (including phenoxy) is 1. The number of hydrogen-bond acceptors (Lipinski definition) is 4. The fraction of sp³-hybridized carbons (Fsp3) is 0.609. The average molecular weight is 472 g/mol. The highest BCUT2D eigenvalue weighted by Gasteiger charge is 2.38. The molecule has 0 aromatic heterocycles. The van der Waals surface area contributed by atoms with Crippen molar-refractivity contribution >= 4 is 17.8 Å². The molecule has 2 saturated heterocycles. The number of esters is 1. The van der Waals surface area contributed by atoms with Crippen LogP contribution in [0.15, 0.2) is 18.2 Å². The van der Waals surface area contributed by atoms with Gasteiger partial charge in [-0.25, -0.2) is 4.39 Å². The Morgan fingerprint density at radius 2 is 1.55 bits per heavy atom. The minimum atomic E-state index is -4.89. The lowest BCUT2D eigenvalue weighted by Gasteiger charge is -2.37. The predicted molar refractivity (Wildman–Crippen MR) is 111 cm³/mol. The molecule has 3 rings (SSSR count). The number of likely N-dealkylation sites (tertiary alicyclic amines) is 2. The fourth-order valence-electron chi connectivity index (χ4n) is 4.33. The zero-order valence-electron chi connectivity index (χ0n) is 18.5. The smallest absolute Gasteiger partial charge is 0.419 e. The summed E-state index contributed by atoms with van der Waals surface area (Å²) in [6.45, 7) is 3.54. The van der Waals surface area contributed by atoms with E-state index in [4.69, 9.17) is 4.74 Å². The Morgan fingerprint density at radius 1 is 0.970 bits per heavy atom. The number of alkyl halides is 3. The topological polar surface area (TPSA) is 66.9 Å². The quantitative estimate of drug-likeness (QED) is 0.482. The number of carbonyl (C=O) groups is 3. The molecule has 1 aromatic carbocycles. The van der Waals surface area contributed by atoms with Gasteiger partial charge in [0, 0.05) is 32.1 Å². The summed E-state index contributed by atoms with van der Waals surface area (Å²) in [6, 6.07) is 2.65. The second-order valence-electron chi connectivity index (χ2n) is 8.50. The standard InChI is InChI=1S/C23H28F4N2O4/c1-2-14-33-22(32)16-8-12-28(13-9-16)20(30)15-6-10-29(11-7-15)21(31)17-4-3-5-18(19(17)24)23(25,26)27/h3-5,15-16H,2,6-14H2,1H3. The number of hydrogen-bond donors (Lipinski definition) is 0. The van der Waals surface area contributed by atoms with E-state index >= 15 is 0 Å². The van der Waals surface area contributed by atoms with Crippen LogP contribution in [0.4, 0.5) is 17.6 Å². The summed E-state index contributed by atoms with van der Waals surface area (Å²) in [5, 5.41) is 0. The van der Waals surface area contributed by atoms with E-state index in [9.17, 15) is 31.9 Å². The van der Waals surface area contributed by atoms with Crippen LogP contribution < -0.4 is 0 Å². The Hall–Kier alpha value is -2.65. The molecule has 2 amide bonds. The zero-order valence-corrected chi connectivity index (χ0v) is 18.5. The third-order valence-corrected chi connectivity index (χ3v) is 6.25. The molecule has 0 saturated carbocycles. The van der Waals surface area contributed by atoms with Gasteiger partial charge in [-0.1, -0.05) is 13.0 Å². The van der Waals surface area contributed by atoms with Gasteiger partial charge in [0.1, 0.15) is 5.82 Å². The van der Waals surface area contributed by atoms with Crippen molar-refractivity contribution in [2.75, 3.05) is 32.8 Å². The second kappa shape index (κ2) is 10.5. The van der Waals surface area contributed by atoms with Crippen molar-refractivity contribution in [2.24, 2.45) is 11.8 Å². The van der Waals surface area contributed by atoms with Gasteiger partial charge >= 0.3 is 12.1 Å². The molecular formula is C23H28F4N2O4. The number of benzene rings is 1. The van der Waals surface area contributed by atoms with Crippen LogP contribution in [0.5, 0.6) is 0 Å². The molecule has 0 unspecified atom stereocenters. The normalized spacial score (nSPS) is 18.3. The lowest BCUT2D eigenvalue weighted by molar-refractivity contribution is -0.152. The lowest BCUT2D eigenvalue weighted by atomic mass is 9.91. The van der Waals surface area contributed by atoms with Gasteiger partial charge in [-0.05, 0) is 44.2 Å². The van der Waals surface area contributed by atoms with Crippen molar-refractivity contribution in [3.05, 3.63) is 35.1 Å². The maximum Gasteiger partial charge on any atom is 0.419 e. The number of piperidine rings is 2. The number of amides is 2. The molecule has 0 N–H and O–H groups in total. The molecular weight excluding hydrogens is 444 g/mol. The maximum atomic E-state index is 14.3. The van der Waals surface area contributed by atoms with Crippen molar-refractivity contribution in [3.63, 3.8) is 0 Å². The molecule has 0 radical (unpaired) electrons. The molecule has 6 nitrogen and oxygen atoms in total. The zero-order chi connectivity index (χ0) is 24.2. The van der Waals surface area contributed by atoms with Crippen LogP contribution >= 0.6 is 0 Å². The molecule has 10 heteroatoms. The summed E-state index contributed by atoms with van der Waals surface area (Å²) >= 11 is 0. The van der Waals surface area contributed by atoms with E-state index in [0.29, 0.717) is 51.4 Å². The summed E-state index contributed by atoms with van der Waals surface area (Å²) in [6.07, 6.45) is -2.35. The molecule has 1 aromatic rings. The van der Waals surface area contributed by atoms with Crippen LogP contribution in [0.1, 0.15) is 54.9 Å². The highest BCUT2D eigenvalue weighted by atomic mass is 19.4. The summed E-state index contributed by atoms with van der Waals surface area (Å²) in [7, 11) is 0. The minimum Gasteiger partial charge on any atom is -0.465 e. The number of halogens is 4. The molecule has 33 heavy (non-hydrogen) atoms. The van der Waals surface area contributed by atoms with Crippen LogP contribution in [-0.4, -0.2) is 60.4 Å². The summed E-state index contributed by atoms with van der Waals surface area (Å²) in [5.74, 6) is -3.18. The van der Waals surface area contributed by atoms with Gasteiger partial charge in [-0.3, -0.25) is 14.4 Å². The number of rotatable bonds is 5. The summed E-state index contributed by atoms with van der Waals surface area (Å²) in [5.41, 5.74) is -2.09. The Morgan fingerprint density at radius 3 is 2.12 bits per heavy atom. The van der Waals surface area contributed by atoms with Gasteiger partial charge in [-0.2, -0.15) is 13.2 Å². The minimum absolute atomic E-state index is 0.0484. The Labute approximate surface area is 189 Å². The molecule has 0 bridgehead atoms. The molecule has 2 aliphatic rings. The van der Waals surface area contributed by atoms with E-state index < -0.39 is 29.0 Å². The molecule has 0 spiro atoms. The first-order valence-electron chi connectivity index (χ1n) is 11.2. The van der Waals surface area contributed by atoms with Gasteiger partial charge < -0.3 is 14.5 Å². The fourth-order valence-corrected chi connectivity index (χ4v) is 4.33. The molecule has 2 fully saturated rings. The monoisotopic (exact) mass is 472 g/mol. The third kappa shape index (κ3) is 5.83. The van der Waals surface area contributed by atoms with E-state index in [-0.39, 0.29) is 36.8 Å². The first-order valence-corrected chi connectivity index (χ1v) is 11.2. The van der Waals surface area contributed by atoms with Crippen LogP contribution in [0.3, 0.4) is 0 Å². The van der Waals surface area contributed by atoms with Crippen LogP contribution in [0.25, 0.3) is 0 Å². The SMILES string of the molecule is CCCOC(=O)C1CCN(C(=O)C2CCN(C(=O)c3cccc(C(F)(F)F)c3F)CC2)CC1. The predicted octanol–water partition coefficient (Wildman–Crippen LogP) is 3.89. The van der Waals surface area contributed by atoms with Gasteiger partial charge in [0.05, 0.1) is 23.7 Å². The first kappa shape index (κ1) is 25.0. The Bertz CT molecular complexity index is 874. The molecule has 2 aliphatic heterocycles. The summed E-state index contributed by atoms with van der Waals surface area (Å²) in [4.78, 5) is 40.5. The first-order chi connectivity index (χ1) is 15.6. The van der Waals surface area contributed by atoms with Gasteiger partial charge in [0.2, 0.25) is 5.91 Å². The lowest BCUT2D eigenvalue weighted by Crippen LogP contribution is -2.47. The van der Waals surface area contributed by atoms with Gasteiger partial charge in [0.15, 0.2) is 0 Å². The van der Waals surface area contributed by atoms with E-state index in [1.165, 1.54) is 4.90 Å². The largest absolute Gasteiger partial charge is 0.465 e. The van der Waals surface area contributed by atoms with Crippen molar-refractivity contribution < 1.29 is 36.7 Å². The van der Waals surface area contributed by atoms with Crippen LogP contribution in [0.2, 0.25) is 0 Å². The van der Waals surface area contributed by atoms with Crippen LogP contribution in [0, 0.1) is 17.7 Å². The van der Waals surface area contributed by atoms with E-state index in [0.717, 1.165) is 18.6 Å². The van der Waals surface area contributed by atoms with Gasteiger partial charge in [0.25, 0.3) is 5.91 Å². The Balaban J connectivity index is 1.53. The molecule has 0 aliphatic carbocycles. The van der Waals surface area contributed by atoms with Gasteiger partial charge in [-0.15, -0.1) is 0 Å². The number of carbonyl (C=O) groups excluding carboxylic acids is 3. The summed E-state index contributed by atoms with van der Waals surface area (Å²) < 4.78 is 58.3. The molecule has 2 heterocycles. The second-order valence-corrected chi connectivity index (χ2v) is 8.50. The Kier molecular flexibility index (Phi) is 7.97. The molecule has 0 atom stereocenters. The highest BCUT2D eigenvalue weighted by Crippen LogP contribution is 2.33. The van der Waals surface area contributed by atoms with E-state index in [2.05, 4.69) is 0 Å². The number of nitrogens with zero attached hydrogens (tertiary/aromatic N) is 2. The molecule has 182 valence electrons. The highest BCUT2D eigenvalue weighted by molar-refractivity contribution is 5.95. The van der Waals surface area contributed by atoms with Crippen LogP contribution in [-0.2, 0) is 20.5 Å². The van der Waals surface area contributed by atoms with Crippen molar-refractivity contribution in [1.82, 2.24) is 9.80 Å². The van der Waals surface area contributed by atoms with E-state index in [1.54, 1.807) is 4.90 Å². The van der Waals surface area contributed by atoms with Crippen molar-refractivity contribution in [1.29, 1.82) is 0 Å². The average Bonchev–Trinajstić information content (AvgIpc) is 2.81. The third-order valence-electron chi connectivity index (χ3n) is 6.25. The van der Waals surface area contributed by atoms with Crippen molar-refractivity contribution in [2.45, 2.75) is 45.2 Å². The van der Waals surface area contributed by atoms with E-state index in [1.807, 2.05) is 6.92 Å². The maximum absolute atomic E-state index is 14.3. The van der Waals surface area contributed by atoms with Crippen molar-refractivity contribution in [3.8, 4) is 0 Å².